The Bertz CT molecular complexity index is 2090. The Kier molecular flexibility index (Phi) is 14.9. The molecule has 5 aromatic carbocycles. The largest absolute Gasteiger partial charge is 0.497 e. The first kappa shape index (κ1) is 45.2. The van der Waals surface area contributed by atoms with Crippen LogP contribution in [0.3, 0.4) is 0 Å². The van der Waals surface area contributed by atoms with E-state index in [1.165, 1.54) is 0 Å². The van der Waals surface area contributed by atoms with Crippen LogP contribution in [0.5, 0.6) is 11.5 Å². The van der Waals surface area contributed by atoms with E-state index in [4.69, 9.17) is 33.2 Å². The highest BCUT2D eigenvalue weighted by molar-refractivity contribution is 6.72. The number of ether oxygens (including phenoxy) is 7. The van der Waals surface area contributed by atoms with Crippen LogP contribution < -0.4 is 9.47 Å². The molecule has 10 nitrogen and oxygen atoms in total. The van der Waals surface area contributed by atoms with Crippen LogP contribution in [-0.4, -0.2) is 77.1 Å². The zero-order chi connectivity index (χ0) is 43.6. The van der Waals surface area contributed by atoms with Crippen molar-refractivity contribution >= 4 is 20.3 Å². The third kappa shape index (κ3) is 10.6. The molecule has 11 heteroatoms. The number of esters is 2. The summed E-state index contributed by atoms with van der Waals surface area (Å²) < 4.78 is 44.0. The standard InChI is InChI=1S/C50H58O10Si/c1-35-43(31-32-49(2,3)61(6,7)53)58-48(45(60-47(52)37-19-13-9-14-20-37)44(35)59-46(51)36-17-11-8-12-18-36)56-33-34-57-50(38-21-15-10-16-22-38,39-23-27-41(54-4)28-24-39)40-25-29-42(55-5)30-26-40/h8-30,35,43-45,48,53H,31-34H2,1-7H3. The number of methoxy groups -OCH3 is 2. The molecule has 0 radical (unpaired) electrons. The Labute approximate surface area is 360 Å². The fourth-order valence-electron chi connectivity index (χ4n) is 7.58. The summed E-state index contributed by atoms with van der Waals surface area (Å²) in [5.41, 5.74) is 2.18. The van der Waals surface area contributed by atoms with Gasteiger partial charge in [0.05, 0.1) is 44.7 Å². The topological polar surface area (TPSA) is 119 Å². The van der Waals surface area contributed by atoms with Crippen molar-refractivity contribution in [3.8, 4) is 11.5 Å². The van der Waals surface area contributed by atoms with Gasteiger partial charge in [0.2, 0.25) is 0 Å². The Morgan fingerprint density at radius 3 is 1.54 bits per heavy atom. The molecule has 0 saturated carbocycles. The molecule has 1 N–H and O–H groups in total. The SMILES string of the molecule is COc1ccc(C(OCCOC2OC(CCC(C)(C)[Si](C)(C)O)C(C)C(OC(=O)c3ccccc3)C2OC(=O)c2ccccc2)(c2ccccc2)c2ccc(OC)cc2)cc1. The van der Waals surface area contributed by atoms with Crippen LogP contribution in [-0.2, 0) is 29.3 Å². The molecule has 1 saturated heterocycles. The summed E-state index contributed by atoms with van der Waals surface area (Å²) in [5, 5.41) is -0.350. The summed E-state index contributed by atoms with van der Waals surface area (Å²) in [6.07, 6.45) is -2.55. The van der Waals surface area contributed by atoms with Gasteiger partial charge < -0.3 is 38.0 Å². The van der Waals surface area contributed by atoms with E-state index < -0.39 is 56.4 Å². The molecule has 5 atom stereocenters. The summed E-state index contributed by atoms with van der Waals surface area (Å²) in [4.78, 5) is 38.7. The van der Waals surface area contributed by atoms with Crippen molar-refractivity contribution in [3.63, 3.8) is 0 Å². The van der Waals surface area contributed by atoms with Crippen molar-refractivity contribution in [3.05, 3.63) is 167 Å². The molecule has 5 unspecified atom stereocenters. The summed E-state index contributed by atoms with van der Waals surface area (Å²) in [6, 6.07) is 42.8. The quantitative estimate of drug-likeness (QED) is 0.0395. The van der Waals surface area contributed by atoms with Crippen molar-refractivity contribution in [1.29, 1.82) is 0 Å². The zero-order valence-corrected chi connectivity index (χ0v) is 37.1. The molecule has 0 bridgehead atoms. The maximum Gasteiger partial charge on any atom is 0.338 e. The smallest absolute Gasteiger partial charge is 0.338 e. The number of benzene rings is 5. The molecule has 0 aromatic heterocycles. The third-order valence-electron chi connectivity index (χ3n) is 12.1. The van der Waals surface area contributed by atoms with Gasteiger partial charge in [0.15, 0.2) is 20.7 Å². The molecule has 61 heavy (non-hydrogen) atoms. The van der Waals surface area contributed by atoms with Crippen LogP contribution in [0.2, 0.25) is 18.1 Å². The highest BCUT2D eigenvalue weighted by atomic mass is 28.4. The van der Waals surface area contributed by atoms with Gasteiger partial charge in [-0.2, -0.15) is 0 Å². The van der Waals surface area contributed by atoms with E-state index in [1.54, 1.807) is 62.8 Å². The van der Waals surface area contributed by atoms with Crippen molar-refractivity contribution in [2.45, 2.75) is 81.9 Å². The van der Waals surface area contributed by atoms with E-state index in [0.29, 0.717) is 35.5 Å². The molecule has 5 aromatic rings. The summed E-state index contributed by atoms with van der Waals surface area (Å²) in [7, 11) is 0.677. The fourth-order valence-corrected chi connectivity index (χ4v) is 8.33. The number of carbonyl (C=O) groups is 2. The lowest BCUT2D eigenvalue weighted by atomic mass is 9.80. The van der Waals surface area contributed by atoms with Crippen LogP contribution in [0.15, 0.2) is 140 Å². The monoisotopic (exact) mass is 846 g/mol. The lowest BCUT2D eigenvalue weighted by molar-refractivity contribution is -0.286. The van der Waals surface area contributed by atoms with Gasteiger partial charge in [0.1, 0.15) is 23.2 Å². The molecule has 322 valence electrons. The van der Waals surface area contributed by atoms with Crippen LogP contribution in [0, 0.1) is 5.92 Å². The Morgan fingerprint density at radius 1 is 0.639 bits per heavy atom. The van der Waals surface area contributed by atoms with Gasteiger partial charge in [-0.15, -0.1) is 0 Å². The fraction of sp³-hybridized carbons (Fsp3) is 0.360. The molecular formula is C50H58O10Si. The van der Waals surface area contributed by atoms with E-state index in [9.17, 15) is 14.4 Å². The summed E-state index contributed by atoms with van der Waals surface area (Å²) >= 11 is 0. The lowest BCUT2D eigenvalue weighted by Gasteiger charge is -2.45. The van der Waals surface area contributed by atoms with E-state index in [1.807, 2.05) is 111 Å². The van der Waals surface area contributed by atoms with E-state index in [2.05, 4.69) is 13.8 Å². The number of hydrogen-bond acceptors (Lipinski definition) is 10. The number of hydrogen-bond donors (Lipinski definition) is 1. The van der Waals surface area contributed by atoms with Gasteiger partial charge in [-0.1, -0.05) is 112 Å². The molecule has 0 spiro atoms. The molecule has 6 rings (SSSR count). The van der Waals surface area contributed by atoms with Crippen LogP contribution in [0.1, 0.15) is 71.0 Å². The predicted molar refractivity (Wildman–Crippen MR) is 236 cm³/mol. The first-order valence-electron chi connectivity index (χ1n) is 20.8. The van der Waals surface area contributed by atoms with E-state index in [-0.39, 0.29) is 18.3 Å². The van der Waals surface area contributed by atoms with Gasteiger partial charge in [0, 0.05) is 5.92 Å². The Balaban J connectivity index is 1.35. The lowest BCUT2D eigenvalue weighted by Crippen LogP contribution is -2.58. The summed E-state index contributed by atoms with van der Waals surface area (Å²) in [6.45, 7) is 10.0. The van der Waals surface area contributed by atoms with Crippen molar-refractivity contribution < 1.29 is 47.5 Å². The number of carbonyl (C=O) groups excluding carboxylic acids is 2. The van der Waals surface area contributed by atoms with Crippen molar-refractivity contribution in [2.24, 2.45) is 5.92 Å². The number of rotatable bonds is 18. The zero-order valence-electron chi connectivity index (χ0n) is 36.1. The minimum Gasteiger partial charge on any atom is -0.497 e. The second-order valence-corrected chi connectivity index (χ2v) is 21.1. The first-order valence-corrected chi connectivity index (χ1v) is 23.7. The van der Waals surface area contributed by atoms with Gasteiger partial charge in [-0.3, -0.25) is 0 Å². The minimum absolute atomic E-state index is 0.00742. The van der Waals surface area contributed by atoms with Gasteiger partial charge in [-0.05, 0) is 96.2 Å². The second kappa shape index (κ2) is 20.0. The van der Waals surface area contributed by atoms with Gasteiger partial charge in [0.25, 0.3) is 0 Å². The van der Waals surface area contributed by atoms with Crippen LogP contribution in [0.4, 0.5) is 0 Å². The normalized spacial score (nSPS) is 19.4. The molecular weight excluding hydrogens is 789 g/mol. The summed E-state index contributed by atoms with van der Waals surface area (Å²) in [5.74, 6) is -0.186. The Morgan fingerprint density at radius 2 is 1.08 bits per heavy atom. The predicted octanol–water partition coefficient (Wildman–Crippen LogP) is 9.60. The highest BCUT2D eigenvalue weighted by Crippen LogP contribution is 2.44. The second-order valence-electron chi connectivity index (χ2n) is 16.6. The molecule has 1 fully saturated rings. The third-order valence-corrected chi connectivity index (χ3v) is 15.6. The van der Waals surface area contributed by atoms with Gasteiger partial charge in [-0.25, -0.2) is 9.59 Å². The average molecular weight is 847 g/mol. The van der Waals surface area contributed by atoms with E-state index >= 15 is 0 Å². The van der Waals surface area contributed by atoms with Crippen LogP contribution >= 0.6 is 0 Å². The highest BCUT2D eigenvalue weighted by Gasteiger charge is 2.50. The maximum atomic E-state index is 13.8. The van der Waals surface area contributed by atoms with Crippen molar-refractivity contribution in [1.82, 2.24) is 0 Å². The molecule has 0 amide bonds. The van der Waals surface area contributed by atoms with Gasteiger partial charge >= 0.3 is 11.9 Å². The first-order chi connectivity index (χ1) is 29.3. The molecule has 1 heterocycles. The minimum atomic E-state index is -2.58. The Hall–Kier alpha value is -5.30. The maximum absolute atomic E-state index is 13.8. The van der Waals surface area contributed by atoms with Crippen molar-refractivity contribution in [2.75, 3.05) is 27.4 Å². The van der Waals surface area contributed by atoms with Crippen LogP contribution in [0.25, 0.3) is 0 Å². The molecule has 0 aliphatic carbocycles. The van der Waals surface area contributed by atoms with E-state index in [0.717, 1.165) is 16.7 Å². The average Bonchev–Trinajstić information content (AvgIpc) is 3.28. The molecule has 1 aliphatic heterocycles. The molecule has 1 aliphatic rings.